The first-order valence-corrected chi connectivity index (χ1v) is 62.4. The molecule has 12 nitrogen and oxygen atoms in total. The van der Waals surface area contributed by atoms with Crippen molar-refractivity contribution in [3.8, 4) is 57.1 Å². The first kappa shape index (κ1) is 76.6. The van der Waals surface area contributed by atoms with Crippen molar-refractivity contribution in [1.29, 1.82) is 0 Å². The number of aromatic nitrogens is 10. The summed E-state index contributed by atoms with van der Waals surface area (Å²) in [5, 5.41) is 10.7. The van der Waals surface area contributed by atoms with E-state index in [1.165, 1.54) is 102 Å². The van der Waals surface area contributed by atoms with Crippen LogP contribution in [-0.2, 0) is 33.0 Å². The summed E-state index contributed by atoms with van der Waals surface area (Å²) >= 11 is -0.556. The van der Waals surface area contributed by atoms with Crippen molar-refractivity contribution in [3.05, 3.63) is 278 Å². The van der Waals surface area contributed by atoms with Gasteiger partial charge in [0.05, 0.1) is 34.3 Å². The van der Waals surface area contributed by atoms with Crippen molar-refractivity contribution >= 4 is 199 Å². The largest absolute Gasteiger partial charge is 2.00 e. The van der Waals surface area contributed by atoms with Crippen LogP contribution in [0, 0.1) is 12.1 Å². The molecule has 524 valence electrons. The van der Waals surface area contributed by atoms with E-state index in [1.807, 2.05) is 116 Å². The number of pyridine rings is 6. The molecule has 0 aliphatic rings. The number of imidazole rings is 2. The van der Waals surface area contributed by atoms with Gasteiger partial charge in [-0.1, -0.05) is 169 Å². The van der Waals surface area contributed by atoms with Crippen LogP contribution in [0.5, 0.6) is 23.0 Å². The summed E-state index contributed by atoms with van der Waals surface area (Å²) in [6.45, 7) is 18.0. The van der Waals surface area contributed by atoms with Crippen LogP contribution in [0.1, 0.15) is 101 Å². The van der Waals surface area contributed by atoms with Crippen molar-refractivity contribution in [2.45, 2.75) is 79.1 Å². The quantitative estimate of drug-likeness (QED) is 0.0675. The third kappa shape index (κ3) is 14.9. The first-order chi connectivity index (χ1) is 50.9. The number of hydrogen-bond acceptors (Lipinski definition) is 8. The second-order valence-electron chi connectivity index (χ2n) is 26.7. The van der Waals surface area contributed by atoms with Gasteiger partial charge in [-0.2, -0.15) is 6.07 Å². The van der Waals surface area contributed by atoms with E-state index in [9.17, 15) is 0 Å². The number of fused-ring (bicyclic) bond motifs is 18. The molecule has 0 fully saturated rings. The van der Waals surface area contributed by atoms with Crippen molar-refractivity contribution in [3.63, 3.8) is 0 Å². The van der Waals surface area contributed by atoms with Gasteiger partial charge in [0.1, 0.15) is 40.1 Å². The van der Waals surface area contributed by atoms with Crippen LogP contribution >= 0.6 is 37.7 Å². The summed E-state index contributed by atoms with van der Waals surface area (Å²) in [6.07, 6.45) is 11.4. The smallest absolute Gasteiger partial charge is 2.00 e. The fraction of sp³-hybridized carbons (Fsp3) is 0.140. The first-order valence-electron chi connectivity index (χ1n) is 35.1. The monoisotopic (exact) mass is 1880 g/mol. The van der Waals surface area contributed by atoms with E-state index in [0.717, 1.165) is 128 Å². The minimum Gasteiger partial charge on any atom is 2.00 e. The van der Waals surface area contributed by atoms with E-state index in [1.54, 1.807) is 0 Å². The van der Waals surface area contributed by atoms with Crippen LogP contribution in [0.2, 0.25) is 0 Å². The Morgan fingerprint density at radius 1 is 0.358 bits per heavy atom. The van der Waals surface area contributed by atoms with Crippen molar-refractivity contribution in [1.82, 2.24) is 47.8 Å². The molecule has 10 aromatic heterocycles. The van der Waals surface area contributed by atoms with Crippen LogP contribution in [0.4, 0.5) is 0 Å². The van der Waals surface area contributed by atoms with Gasteiger partial charge in [0.2, 0.25) is 0 Å². The molecule has 0 aliphatic carbocycles. The second kappa shape index (κ2) is 32.8. The predicted molar refractivity (Wildman–Crippen MR) is 433 cm³/mol. The molecule has 0 unspecified atom stereocenters. The summed E-state index contributed by atoms with van der Waals surface area (Å²) in [5.41, 5.74) is 17.3. The van der Waals surface area contributed by atoms with E-state index in [0.29, 0.717) is 35.2 Å². The topological polar surface area (TPSA) is 114 Å². The van der Waals surface area contributed by atoms with E-state index >= 15 is 0 Å². The number of rotatable bonds is 12. The van der Waals surface area contributed by atoms with Crippen LogP contribution in [0.3, 0.4) is 0 Å². The maximum Gasteiger partial charge on any atom is 2.00 e. The molecular formula is C86H68Cl4K2N10O2Pt2. The molecule has 106 heavy (non-hydrogen) atoms. The predicted octanol–water partition coefficient (Wildman–Crippen LogP) is 24.1. The molecule has 20 heteroatoms. The Hall–Kier alpha value is -6.21. The molecule has 10 heterocycles. The van der Waals surface area contributed by atoms with Gasteiger partial charge in [-0.3, -0.25) is 14.0 Å². The average Bonchev–Trinajstić information content (AvgIpc) is 1.10. The molecule has 0 atom stereocenters. The Balaban J connectivity index is 0.000000163. The maximum atomic E-state index is 6.65. The minimum atomic E-state index is -3.06. The molecule has 0 amide bonds. The fourth-order valence-corrected chi connectivity index (χ4v) is 14.7. The molecule has 0 bridgehead atoms. The van der Waals surface area contributed by atoms with Gasteiger partial charge < -0.3 is 18.4 Å². The standard InChI is InChI=1S/C43H35N5O.C43H33N5O.4ClH.2K.2Pt/c2*1-26(2)30-12-9-13-31(27(3)4)41(30)39-25-46-43-36-23-28(17-19-32(36)35-14-10-22-45-42(35)48(39)43)49-29-18-20-34-33-11-5-6-15-37(33)47(38(34)24-29)40-16-7-8-21-44-40;;;;;;;;/h5-27H,1-4H3;5-22,25-27H,1-4H3;4*1H;;;;/q;-2;;;;;;;+2;+4/p-4. The second-order valence-corrected chi connectivity index (χ2v) is 46.4. The summed E-state index contributed by atoms with van der Waals surface area (Å²) in [5.74, 6) is 5.77. The summed E-state index contributed by atoms with van der Waals surface area (Å²) < 4.78 is 22.0. The van der Waals surface area contributed by atoms with Crippen molar-refractivity contribution in [2.75, 3.05) is 0 Å². The molecule has 0 aliphatic heterocycles. The maximum absolute atomic E-state index is 6.65. The zero-order chi connectivity index (χ0) is 72.9. The van der Waals surface area contributed by atoms with E-state index in [4.69, 9.17) is 67.1 Å². The number of ether oxygens (including phenoxy) is 2. The minimum absolute atomic E-state index is 0. The van der Waals surface area contributed by atoms with Gasteiger partial charge in [0, 0.05) is 86.7 Å². The Labute approximate surface area is 693 Å². The molecule has 18 rings (SSSR count). The van der Waals surface area contributed by atoms with E-state index in [2.05, 4.69) is 223 Å². The van der Waals surface area contributed by atoms with Gasteiger partial charge in [-0.05, 0) is 147 Å². The Morgan fingerprint density at radius 2 is 0.774 bits per heavy atom. The zero-order valence-electron chi connectivity index (χ0n) is 59.8. The van der Waals surface area contributed by atoms with Crippen LogP contribution < -0.4 is 9.47 Å². The molecule has 0 radical (unpaired) electrons. The van der Waals surface area contributed by atoms with Crippen molar-refractivity contribution in [2.24, 2.45) is 0 Å². The summed E-state index contributed by atoms with van der Waals surface area (Å²) in [7, 11) is 20.0. The summed E-state index contributed by atoms with van der Waals surface area (Å²) in [4.78, 5) is 29.3. The molecule has 8 aromatic carbocycles. The van der Waals surface area contributed by atoms with Crippen LogP contribution in [0.25, 0.3) is 133 Å². The average molecular weight is 1880 g/mol. The van der Waals surface area contributed by atoms with Gasteiger partial charge in [0.15, 0.2) is 0 Å². The number of benzene rings is 8. The Kier molecular flexibility index (Phi) is 23.7. The molecular weight excluding hydrogens is 1820 g/mol. The number of hydrogen-bond donors (Lipinski definition) is 0. The van der Waals surface area contributed by atoms with E-state index < -0.39 is 11.9 Å². The van der Waals surface area contributed by atoms with Crippen LogP contribution in [0.15, 0.2) is 243 Å². The third-order valence-electron chi connectivity index (χ3n) is 19.1. The van der Waals surface area contributed by atoms with Crippen molar-refractivity contribution < 1.29 is 42.4 Å². The van der Waals surface area contributed by atoms with Crippen LogP contribution in [-0.4, -0.2) is 111 Å². The van der Waals surface area contributed by atoms with Gasteiger partial charge >= 0.3 is 134 Å². The normalized spacial score (nSPS) is 11.9. The van der Waals surface area contributed by atoms with Gasteiger partial charge in [-0.15, -0.1) is 29.7 Å². The number of nitrogens with zero attached hydrogens (tertiary/aromatic N) is 10. The number of halogens is 4. The van der Waals surface area contributed by atoms with Gasteiger partial charge in [0.25, 0.3) is 0 Å². The fourth-order valence-electron chi connectivity index (χ4n) is 14.7. The molecule has 18 aromatic rings. The third-order valence-corrected chi connectivity index (χ3v) is 19.1. The zero-order valence-corrected chi connectivity index (χ0v) is 73.7. The Morgan fingerprint density at radius 3 is 1.32 bits per heavy atom. The SMILES string of the molecule is CC(C)c1cccc(C(C)C)c1-c1cnc2c3[c-]c(Oc4[c-]c5c(cc4)c4ccccc4n5-c4ccccn4)ccc3c3cccnc3n12.CC(C)c1cccc(C(C)C)c1-c1cnc2c3cc(Oc4ccc5c6ccccc6n(-c6ccccn6)c5c4)ccc3c3cccnc3n12.[Cl][Pt]([Cl])([Cl])[Cl].[K][K].[Pt+2]. The number of para-hydroxylation sites is 2. The molecule has 0 saturated carbocycles. The molecule has 0 N–H and O–H groups in total. The Bertz CT molecular complexity index is 5890. The van der Waals surface area contributed by atoms with Gasteiger partial charge in [-0.25, -0.2) is 24.9 Å². The molecule has 0 spiro atoms. The molecule has 0 saturated heterocycles. The summed E-state index contributed by atoms with van der Waals surface area (Å²) in [6, 6.07) is 78.2. The van der Waals surface area contributed by atoms with E-state index in [-0.39, 0.29) is 21.1 Å².